The largest absolute Gasteiger partial charge is 0.288 e. The lowest BCUT2D eigenvalue weighted by molar-refractivity contribution is 0.128. The molecule has 0 bridgehead atoms. The molecule has 2 aromatic heterocycles. The summed E-state index contributed by atoms with van der Waals surface area (Å²) in [6, 6.07) is 15.2. The molecule has 0 aliphatic carbocycles. The summed E-state index contributed by atoms with van der Waals surface area (Å²) in [7, 11) is 0. The Hall–Kier alpha value is -2.05. The van der Waals surface area contributed by atoms with Crippen LogP contribution in [0.2, 0.25) is 0 Å². The Morgan fingerprint density at radius 3 is 2.48 bits per heavy atom. The van der Waals surface area contributed by atoms with Gasteiger partial charge in [0.15, 0.2) is 5.82 Å². The Balaban J connectivity index is 1.93. The van der Waals surface area contributed by atoms with Crippen molar-refractivity contribution in [3.05, 3.63) is 64.1 Å². The first-order valence-corrected chi connectivity index (χ1v) is 11.4. The predicted octanol–water partition coefficient (Wildman–Crippen LogP) is 5.32. The maximum Gasteiger partial charge on any atom is 0.169 e. The highest BCUT2D eigenvalue weighted by atomic mass is 32.1. The Morgan fingerprint density at radius 2 is 1.86 bits per heavy atom. The highest BCUT2D eigenvalue weighted by molar-refractivity contribution is 7.09. The summed E-state index contributed by atoms with van der Waals surface area (Å²) in [5.74, 6) is 1.36. The van der Waals surface area contributed by atoms with Crippen LogP contribution in [-0.2, 0) is 18.5 Å². The van der Waals surface area contributed by atoms with Crippen LogP contribution >= 0.6 is 11.3 Å². The summed E-state index contributed by atoms with van der Waals surface area (Å²) >= 11 is 1.81. The van der Waals surface area contributed by atoms with Gasteiger partial charge >= 0.3 is 0 Å². The second kappa shape index (κ2) is 9.63. The minimum Gasteiger partial charge on any atom is -0.288 e. The molecule has 0 radical (unpaired) electrons. The topological polar surface area (TPSA) is 46.8 Å². The van der Waals surface area contributed by atoms with Crippen LogP contribution in [0.1, 0.15) is 63.3 Å². The average molecular weight is 412 g/mol. The van der Waals surface area contributed by atoms with E-state index in [1.54, 1.807) is 0 Å². The van der Waals surface area contributed by atoms with Gasteiger partial charge in [-0.05, 0) is 60.0 Å². The van der Waals surface area contributed by atoms with E-state index in [4.69, 9.17) is 0 Å². The van der Waals surface area contributed by atoms with Crippen LogP contribution in [0, 0.1) is 5.92 Å². The maximum atomic E-state index is 4.52. The fourth-order valence-corrected chi connectivity index (χ4v) is 4.41. The van der Waals surface area contributed by atoms with Crippen molar-refractivity contribution in [1.82, 2.24) is 25.1 Å². The van der Waals surface area contributed by atoms with E-state index in [1.807, 2.05) is 16.0 Å². The molecule has 1 atom stereocenters. The van der Waals surface area contributed by atoms with Gasteiger partial charge in [-0.25, -0.2) is 4.68 Å². The average Bonchev–Trinajstić information content (AvgIpc) is 3.39. The van der Waals surface area contributed by atoms with E-state index in [0.717, 1.165) is 31.8 Å². The lowest BCUT2D eigenvalue weighted by Gasteiger charge is -2.35. The molecule has 0 amide bonds. The number of nitrogens with zero attached hydrogens (tertiary/aromatic N) is 5. The van der Waals surface area contributed by atoms with E-state index in [-0.39, 0.29) is 11.6 Å². The summed E-state index contributed by atoms with van der Waals surface area (Å²) < 4.78 is 2.04. The molecule has 0 saturated carbocycles. The van der Waals surface area contributed by atoms with Crippen molar-refractivity contribution in [3.63, 3.8) is 0 Å². The highest BCUT2D eigenvalue weighted by Crippen LogP contribution is 2.32. The summed E-state index contributed by atoms with van der Waals surface area (Å²) in [4.78, 5) is 3.93. The fourth-order valence-electron chi connectivity index (χ4n) is 3.68. The van der Waals surface area contributed by atoms with Crippen LogP contribution in [0.25, 0.3) is 0 Å². The normalized spacial score (nSPS) is 13.3. The zero-order chi connectivity index (χ0) is 20.9. The van der Waals surface area contributed by atoms with E-state index in [0.29, 0.717) is 5.92 Å². The number of thiophene rings is 1. The van der Waals surface area contributed by atoms with Gasteiger partial charge in [0.2, 0.25) is 0 Å². The van der Waals surface area contributed by atoms with E-state index in [9.17, 15) is 0 Å². The molecule has 1 unspecified atom stereocenters. The van der Waals surface area contributed by atoms with Gasteiger partial charge in [0, 0.05) is 18.0 Å². The number of aromatic nitrogens is 4. The van der Waals surface area contributed by atoms with Crippen LogP contribution in [0.5, 0.6) is 0 Å². The molecule has 5 nitrogen and oxygen atoms in total. The van der Waals surface area contributed by atoms with Crippen molar-refractivity contribution < 1.29 is 0 Å². The van der Waals surface area contributed by atoms with Crippen LogP contribution in [0.3, 0.4) is 0 Å². The van der Waals surface area contributed by atoms with Crippen LogP contribution in [-0.4, -0.2) is 31.7 Å². The summed E-state index contributed by atoms with van der Waals surface area (Å²) in [5, 5.41) is 15.1. The molecule has 0 N–H and O–H groups in total. The van der Waals surface area contributed by atoms with Crippen molar-refractivity contribution in [2.24, 2.45) is 5.92 Å². The summed E-state index contributed by atoms with van der Waals surface area (Å²) in [5.41, 5.74) is 1.25. The number of rotatable bonds is 10. The maximum absolute atomic E-state index is 4.52. The molecule has 3 rings (SSSR count). The molecular formula is C23H33N5S. The standard InChI is InChI=1S/C23H33N5S/c1-6-23(4,5)28-22(24-25-26-28)21(18(2)3)27(17-20-13-10-16-29-20)15-14-19-11-8-7-9-12-19/h7-13,16,18,21H,6,14-15,17H2,1-5H3. The Labute approximate surface area is 178 Å². The van der Waals surface area contributed by atoms with Crippen LogP contribution < -0.4 is 0 Å². The van der Waals surface area contributed by atoms with E-state index in [1.165, 1.54) is 10.4 Å². The van der Waals surface area contributed by atoms with Gasteiger partial charge in [-0.1, -0.05) is 57.2 Å². The molecule has 1 aromatic carbocycles. The Bertz CT molecular complexity index is 855. The number of tetrazole rings is 1. The van der Waals surface area contributed by atoms with Crippen molar-refractivity contribution in [2.75, 3.05) is 6.54 Å². The van der Waals surface area contributed by atoms with Crippen molar-refractivity contribution in [3.8, 4) is 0 Å². The van der Waals surface area contributed by atoms with E-state index >= 15 is 0 Å². The van der Waals surface area contributed by atoms with Gasteiger partial charge in [-0.2, -0.15) is 0 Å². The molecule has 2 heterocycles. The first kappa shape index (κ1) is 21.7. The van der Waals surface area contributed by atoms with Crippen LogP contribution in [0.4, 0.5) is 0 Å². The molecule has 0 aliphatic rings. The quantitative estimate of drug-likeness (QED) is 0.453. The molecule has 156 valence electrons. The summed E-state index contributed by atoms with van der Waals surface area (Å²) in [6.45, 7) is 13.0. The van der Waals surface area contributed by atoms with Gasteiger partial charge in [0.25, 0.3) is 0 Å². The van der Waals surface area contributed by atoms with Crippen molar-refractivity contribution in [2.45, 2.75) is 65.6 Å². The molecule has 0 fully saturated rings. The molecule has 29 heavy (non-hydrogen) atoms. The third-order valence-corrected chi connectivity index (χ3v) is 6.55. The smallest absolute Gasteiger partial charge is 0.169 e. The van der Waals surface area contributed by atoms with E-state index < -0.39 is 0 Å². The zero-order valence-electron chi connectivity index (χ0n) is 18.2. The Morgan fingerprint density at radius 1 is 1.10 bits per heavy atom. The van der Waals surface area contributed by atoms with Gasteiger partial charge in [-0.15, -0.1) is 16.4 Å². The van der Waals surface area contributed by atoms with Gasteiger partial charge in [0.05, 0.1) is 11.6 Å². The predicted molar refractivity (Wildman–Crippen MR) is 120 cm³/mol. The molecule has 0 spiro atoms. The fraction of sp³-hybridized carbons (Fsp3) is 0.522. The van der Waals surface area contributed by atoms with E-state index in [2.05, 4.69) is 103 Å². The summed E-state index contributed by atoms with van der Waals surface area (Å²) in [6.07, 6.45) is 1.99. The lowest BCUT2D eigenvalue weighted by Crippen LogP contribution is -2.38. The van der Waals surface area contributed by atoms with Crippen LogP contribution in [0.15, 0.2) is 47.8 Å². The van der Waals surface area contributed by atoms with Crippen molar-refractivity contribution in [1.29, 1.82) is 0 Å². The second-order valence-corrected chi connectivity index (χ2v) is 9.62. The Kier molecular flexibility index (Phi) is 7.19. The molecular weight excluding hydrogens is 378 g/mol. The SMILES string of the molecule is CCC(C)(C)n1nnnc1C(C(C)C)N(CCc1ccccc1)Cc1cccs1. The lowest BCUT2D eigenvalue weighted by atomic mass is 9.97. The number of benzene rings is 1. The van der Waals surface area contributed by atoms with Gasteiger partial charge in [0.1, 0.15) is 0 Å². The van der Waals surface area contributed by atoms with Gasteiger partial charge < -0.3 is 0 Å². The molecule has 6 heteroatoms. The van der Waals surface area contributed by atoms with Gasteiger partial charge in [-0.3, -0.25) is 4.90 Å². The zero-order valence-corrected chi connectivity index (χ0v) is 19.1. The van der Waals surface area contributed by atoms with Crippen molar-refractivity contribution >= 4 is 11.3 Å². The molecule has 0 saturated heterocycles. The monoisotopic (exact) mass is 411 g/mol. The first-order valence-electron chi connectivity index (χ1n) is 10.5. The first-order chi connectivity index (χ1) is 13.9. The highest BCUT2D eigenvalue weighted by Gasteiger charge is 2.33. The minimum atomic E-state index is -0.111. The minimum absolute atomic E-state index is 0.111. The number of hydrogen-bond donors (Lipinski definition) is 0. The molecule has 0 aliphatic heterocycles. The second-order valence-electron chi connectivity index (χ2n) is 8.59. The third-order valence-electron chi connectivity index (χ3n) is 5.69. The molecule has 3 aromatic rings. The number of hydrogen-bond acceptors (Lipinski definition) is 5. The third kappa shape index (κ3) is 5.31.